The van der Waals surface area contributed by atoms with Gasteiger partial charge in [-0.15, -0.1) is 0 Å². The third-order valence-corrected chi connectivity index (χ3v) is 4.64. The van der Waals surface area contributed by atoms with E-state index in [0.717, 1.165) is 51.0 Å². The fourth-order valence-electron chi connectivity index (χ4n) is 3.60. The lowest BCUT2D eigenvalue weighted by atomic mass is 9.88. The number of nitrogens with zero attached hydrogens (tertiary/aromatic N) is 3. The lowest BCUT2D eigenvalue weighted by Gasteiger charge is -2.37. The van der Waals surface area contributed by atoms with E-state index in [1.54, 1.807) is 0 Å². The predicted octanol–water partition coefficient (Wildman–Crippen LogP) is 2.36. The van der Waals surface area contributed by atoms with Gasteiger partial charge in [0.05, 0.1) is 6.54 Å². The summed E-state index contributed by atoms with van der Waals surface area (Å²) in [6, 6.07) is 0.391. The summed E-state index contributed by atoms with van der Waals surface area (Å²) in [7, 11) is 0. The van der Waals surface area contributed by atoms with E-state index >= 15 is 0 Å². The van der Waals surface area contributed by atoms with E-state index in [-0.39, 0.29) is 5.92 Å². The van der Waals surface area contributed by atoms with E-state index in [9.17, 15) is 4.79 Å². The quantitative estimate of drug-likeness (QED) is 0.845. The van der Waals surface area contributed by atoms with Crippen LogP contribution in [0, 0.1) is 5.92 Å². The number of carbonyl (C=O) groups excluding carboxylic acids is 1. The highest BCUT2D eigenvalue weighted by Gasteiger charge is 2.37. The molecule has 1 saturated heterocycles. The first kappa shape index (κ1) is 13.7. The molecule has 110 valence electrons. The second-order valence-electron chi connectivity index (χ2n) is 5.96. The molecule has 1 aliphatic carbocycles. The Balaban J connectivity index is 1.70. The third kappa shape index (κ3) is 2.77. The molecule has 1 saturated carbocycles. The van der Waals surface area contributed by atoms with Gasteiger partial charge in [0.15, 0.2) is 5.82 Å². The number of carbonyl (C=O) groups is 1. The number of piperidine rings is 1. The molecule has 3 rings (SSSR count). The fraction of sp³-hybridized carbons (Fsp3) is 0.800. The predicted molar refractivity (Wildman–Crippen MR) is 74.1 cm³/mol. The van der Waals surface area contributed by atoms with Crippen LogP contribution in [0.4, 0.5) is 0 Å². The molecule has 5 nitrogen and oxygen atoms in total. The van der Waals surface area contributed by atoms with Crippen molar-refractivity contribution in [2.75, 3.05) is 6.54 Å². The Kier molecular flexibility index (Phi) is 4.15. The van der Waals surface area contributed by atoms with Crippen molar-refractivity contribution in [3.63, 3.8) is 0 Å². The Morgan fingerprint density at radius 1 is 1.30 bits per heavy atom. The average Bonchev–Trinajstić information content (AvgIpc) is 3.08. The van der Waals surface area contributed by atoms with Crippen LogP contribution in [-0.4, -0.2) is 33.4 Å². The van der Waals surface area contributed by atoms with Gasteiger partial charge in [-0.2, -0.15) is 4.98 Å². The number of hydrogen-bond acceptors (Lipinski definition) is 5. The number of hydrogen-bond donors (Lipinski definition) is 0. The molecule has 0 aromatic carbocycles. The molecular weight excluding hydrogens is 254 g/mol. The maximum Gasteiger partial charge on any atom is 0.226 e. The van der Waals surface area contributed by atoms with Crippen molar-refractivity contribution in [2.24, 2.45) is 5.92 Å². The van der Waals surface area contributed by atoms with Crippen LogP contribution in [0.1, 0.15) is 57.2 Å². The number of likely N-dealkylation sites (tertiary alicyclic amines) is 1. The van der Waals surface area contributed by atoms with Crippen molar-refractivity contribution in [2.45, 2.75) is 64.5 Å². The zero-order chi connectivity index (χ0) is 13.9. The molecule has 0 amide bonds. The molecule has 20 heavy (non-hydrogen) atoms. The number of aromatic nitrogens is 2. The molecular formula is C15H23N3O2. The maximum atomic E-state index is 12.0. The zero-order valence-corrected chi connectivity index (χ0v) is 12.2. The van der Waals surface area contributed by atoms with Gasteiger partial charge in [-0.3, -0.25) is 9.69 Å². The standard InChI is InChI=1S/C15H23N3O2/c1-2-15-16-14(17-20-15)10-18-9-4-3-7-12(18)11-6-5-8-13(11)19/h11-12H,2-10H2,1H3. The van der Waals surface area contributed by atoms with Crippen LogP contribution >= 0.6 is 0 Å². The average molecular weight is 277 g/mol. The fourth-order valence-corrected chi connectivity index (χ4v) is 3.60. The summed E-state index contributed by atoms with van der Waals surface area (Å²) in [5, 5.41) is 4.05. The van der Waals surface area contributed by atoms with Crippen LogP contribution in [0.5, 0.6) is 0 Å². The number of Topliss-reactive ketones (excluding diaryl/α,β-unsaturated/α-hetero) is 1. The minimum Gasteiger partial charge on any atom is -0.339 e. The molecule has 0 bridgehead atoms. The molecule has 1 aromatic rings. The highest BCUT2D eigenvalue weighted by atomic mass is 16.5. The van der Waals surface area contributed by atoms with Gasteiger partial charge >= 0.3 is 0 Å². The minimum absolute atomic E-state index is 0.243. The Morgan fingerprint density at radius 2 is 2.20 bits per heavy atom. The van der Waals surface area contributed by atoms with E-state index in [4.69, 9.17) is 4.52 Å². The van der Waals surface area contributed by atoms with Crippen molar-refractivity contribution >= 4 is 5.78 Å². The number of rotatable bonds is 4. The summed E-state index contributed by atoms with van der Waals surface area (Å²) in [5.74, 6) is 2.17. The first-order valence-electron chi connectivity index (χ1n) is 7.86. The Bertz CT molecular complexity index is 471. The molecule has 5 heteroatoms. The molecule has 0 radical (unpaired) electrons. The molecule has 2 aliphatic rings. The van der Waals surface area contributed by atoms with Gasteiger partial charge in [0.2, 0.25) is 5.89 Å². The maximum absolute atomic E-state index is 12.0. The van der Waals surface area contributed by atoms with Gasteiger partial charge in [0, 0.05) is 24.8 Å². The van der Waals surface area contributed by atoms with E-state index in [1.165, 1.54) is 12.8 Å². The van der Waals surface area contributed by atoms with Crippen LogP contribution < -0.4 is 0 Å². The summed E-state index contributed by atoms with van der Waals surface area (Å²) in [5.41, 5.74) is 0. The first-order chi connectivity index (χ1) is 9.78. The van der Waals surface area contributed by atoms with Crippen molar-refractivity contribution < 1.29 is 9.32 Å². The van der Waals surface area contributed by atoms with Crippen LogP contribution in [0.3, 0.4) is 0 Å². The SMILES string of the molecule is CCc1nc(CN2CCCCC2C2CCCC2=O)no1. The highest BCUT2D eigenvalue weighted by Crippen LogP contribution is 2.33. The zero-order valence-electron chi connectivity index (χ0n) is 12.2. The van der Waals surface area contributed by atoms with Gasteiger partial charge in [0.1, 0.15) is 5.78 Å². The van der Waals surface area contributed by atoms with Gasteiger partial charge < -0.3 is 4.52 Å². The summed E-state index contributed by atoms with van der Waals surface area (Å²) >= 11 is 0. The topological polar surface area (TPSA) is 59.2 Å². The monoisotopic (exact) mass is 277 g/mol. The van der Waals surface area contributed by atoms with E-state index < -0.39 is 0 Å². The summed E-state index contributed by atoms with van der Waals surface area (Å²) in [6.07, 6.45) is 7.25. The minimum atomic E-state index is 0.243. The smallest absolute Gasteiger partial charge is 0.226 e. The number of aryl methyl sites for hydroxylation is 1. The second-order valence-corrected chi connectivity index (χ2v) is 5.96. The van der Waals surface area contributed by atoms with E-state index in [2.05, 4.69) is 15.0 Å². The van der Waals surface area contributed by atoms with Crippen molar-refractivity contribution in [1.29, 1.82) is 0 Å². The molecule has 1 aromatic heterocycles. The van der Waals surface area contributed by atoms with Gasteiger partial charge in [-0.25, -0.2) is 0 Å². The van der Waals surface area contributed by atoms with Gasteiger partial charge in [-0.05, 0) is 32.2 Å². The van der Waals surface area contributed by atoms with Crippen LogP contribution in [0.15, 0.2) is 4.52 Å². The molecule has 2 atom stereocenters. The van der Waals surface area contributed by atoms with Crippen molar-refractivity contribution in [3.8, 4) is 0 Å². The molecule has 0 spiro atoms. The van der Waals surface area contributed by atoms with Crippen molar-refractivity contribution in [1.82, 2.24) is 15.0 Å². The first-order valence-corrected chi connectivity index (χ1v) is 7.86. The van der Waals surface area contributed by atoms with E-state index in [1.807, 2.05) is 6.92 Å². The summed E-state index contributed by atoms with van der Waals surface area (Å²) in [4.78, 5) is 18.8. The van der Waals surface area contributed by atoms with Crippen LogP contribution in [0.2, 0.25) is 0 Å². The normalized spacial score (nSPS) is 28.1. The molecule has 2 unspecified atom stereocenters. The Labute approximate surface area is 119 Å². The molecule has 2 heterocycles. The Hall–Kier alpha value is -1.23. The summed E-state index contributed by atoms with van der Waals surface area (Å²) < 4.78 is 5.18. The third-order valence-electron chi connectivity index (χ3n) is 4.64. The lowest BCUT2D eigenvalue weighted by molar-refractivity contribution is -0.123. The Morgan fingerprint density at radius 3 is 2.90 bits per heavy atom. The largest absolute Gasteiger partial charge is 0.339 e. The van der Waals surface area contributed by atoms with Crippen molar-refractivity contribution in [3.05, 3.63) is 11.7 Å². The number of ketones is 1. The highest BCUT2D eigenvalue weighted by molar-refractivity contribution is 5.83. The molecule has 2 fully saturated rings. The molecule has 0 N–H and O–H groups in total. The lowest BCUT2D eigenvalue weighted by Crippen LogP contribution is -2.45. The molecule has 1 aliphatic heterocycles. The van der Waals surface area contributed by atoms with Gasteiger partial charge in [0.25, 0.3) is 0 Å². The second kappa shape index (κ2) is 6.04. The summed E-state index contributed by atoms with van der Waals surface area (Å²) in [6.45, 7) is 3.78. The van der Waals surface area contributed by atoms with Crippen LogP contribution in [0.25, 0.3) is 0 Å². The van der Waals surface area contributed by atoms with E-state index in [0.29, 0.717) is 17.7 Å². The van der Waals surface area contributed by atoms with Gasteiger partial charge in [-0.1, -0.05) is 18.5 Å². The van der Waals surface area contributed by atoms with Crippen LogP contribution in [-0.2, 0) is 17.8 Å².